The van der Waals surface area contributed by atoms with E-state index in [9.17, 15) is 4.79 Å². The first-order chi connectivity index (χ1) is 16.7. The van der Waals surface area contributed by atoms with Crippen molar-refractivity contribution in [1.29, 1.82) is 0 Å². The van der Waals surface area contributed by atoms with Crippen molar-refractivity contribution in [2.75, 3.05) is 18.1 Å². The standard InChI is InChI=1S/C26H23N3O4S/c1-3-31-19-10-6-12-22-23(19)28-26(34-22)29(16-17-8-7-13-27-15-17)25(30)21-14-18-9-5-11-20(32-4-2)24(18)33-21/h5-15H,3-4,16H2,1-2H3. The number of rotatable bonds is 8. The third-order valence-corrected chi connectivity index (χ3v) is 6.27. The van der Waals surface area contributed by atoms with Gasteiger partial charge in [0.15, 0.2) is 22.2 Å². The van der Waals surface area contributed by atoms with Crippen molar-refractivity contribution in [2.45, 2.75) is 20.4 Å². The fourth-order valence-electron chi connectivity index (χ4n) is 3.74. The highest BCUT2D eigenvalue weighted by Gasteiger charge is 2.26. The number of furan rings is 1. The van der Waals surface area contributed by atoms with Crippen LogP contribution in [0.3, 0.4) is 0 Å². The lowest BCUT2D eigenvalue weighted by Crippen LogP contribution is -2.30. The van der Waals surface area contributed by atoms with Gasteiger partial charge in [0.1, 0.15) is 11.3 Å². The van der Waals surface area contributed by atoms with Crippen LogP contribution in [0, 0.1) is 0 Å². The van der Waals surface area contributed by atoms with Gasteiger partial charge in [0, 0.05) is 17.8 Å². The van der Waals surface area contributed by atoms with Gasteiger partial charge in [0.25, 0.3) is 5.91 Å². The summed E-state index contributed by atoms with van der Waals surface area (Å²) in [6, 6.07) is 16.9. The lowest BCUT2D eigenvalue weighted by Gasteiger charge is -2.18. The van der Waals surface area contributed by atoms with Crippen molar-refractivity contribution in [2.24, 2.45) is 0 Å². The van der Waals surface area contributed by atoms with E-state index in [1.165, 1.54) is 11.3 Å². The molecule has 0 saturated carbocycles. The molecule has 7 nitrogen and oxygen atoms in total. The van der Waals surface area contributed by atoms with Gasteiger partial charge in [0.2, 0.25) is 0 Å². The average molecular weight is 474 g/mol. The molecule has 1 amide bonds. The van der Waals surface area contributed by atoms with Crippen LogP contribution in [0.2, 0.25) is 0 Å². The summed E-state index contributed by atoms with van der Waals surface area (Å²) in [5.74, 6) is 1.23. The number of aromatic nitrogens is 2. The van der Waals surface area contributed by atoms with Gasteiger partial charge in [0.05, 0.1) is 24.5 Å². The molecule has 0 bridgehead atoms. The first kappa shape index (κ1) is 21.9. The molecule has 0 aliphatic rings. The Morgan fingerprint density at radius 2 is 1.82 bits per heavy atom. The lowest BCUT2D eigenvalue weighted by molar-refractivity contribution is 0.0960. The SMILES string of the molecule is CCOc1cccc2sc(N(Cc3cccnc3)C(=O)c3cc4cccc(OCC)c4o3)nc12. The highest BCUT2D eigenvalue weighted by molar-refractivity contribution is 7.22. The summed E-state index contributed by atoms with van der Waals surface area (Å²) in [6.07, 6.45) is 3.45. The molecule has 0 aliphatic heterocycles. The van der Waals surface area contributed by atoms with Crippen molar-refractivity contribution < 1.29 is 18.7 Å². The maximum atomic E-state index is 13.8. The zero-order valence-electron chi connectivity index (χ0n) is 18.9. The van der Waals surface area contributed by atoms with Gasteiger partial charge in [-0.25, -0.2) is 4.98 Å². The van der Waals surface area contributed by atoms with E-state index in [0.717, 1.165) is 21.2 Å². The van der Waals surface area contributed by atoms with Crippen LogP contribution in [-0.4, -0.2) is 29.1 Å². The summed E-state index contributed by atoms with van der Waals surface area (Å²) < 4.78 is 18.4. The Bertz CT molecular complexity index is 1440. The van der Waals surface area contributed by atoms with E-state index < -0.39 is 0 Å². The second-order valence-electron chi connectivity index (χ2n) is 7.50. The van der Waals surface area contributed by atoms with Crippen LogP contribution in [0.4, 0.5) is 5.13 Å². The molecule has 0 fully saturated rings. The number of ether oxygens (including phenoxy) is 2. The van der Waals surface area contributed by atoms with E-state index in [2.05, 4.69) is 4.98 Å². The summed E-state index contributed by atoms with van der Waals surface area (Å²) in [4.78, 5) is 24.4. The molecule has 0 unspecified atom stereocenters. The number of fused-ring (bicyclic) bond motifs is 2. The topological polar surface area (TPSA) is 77.7 Å². The molecule has 3 aromatic heterocycles. The molecule has 0 radical (unpaired) electrons. The quantitative estimate of drug-likeness (QED) is 0.272. The monoisotopic (exact) mass is 473 g/mol. The van der Waals surface area contributed by atoms with Gasteiger partial charge in [-0.3, -0.25) is 14.7 Å². The molecule has 0 N–H and O–H groups in total. The molecule has 5 aromatic rings. The Morgan fingerprint density at radius 3 is 2.62 bits per heavy atom. The number of pyridine rings is 1. The maximum Gasteiger partial charge on any atom is 0.296 e. The molecule has 8 heteroatoms. The van der Waals surface area contributed by atoms with Crippen molar-refractivity contribution in [3.63, 3.8) is 0 Å². The summed E-state index contributed by atoms with van der Waals surface area (Å²) >= 11 is 1.43. The van der Waals surface area contributed by atoms with E-state index >= 15 is 0 Å². The van der Waals surface area contributed by atoms with Crippen molar-refractivity contribution in [3.8, 4) is 11.5 Å². The highest BCUT2D eigenvalue weighted by atomic mass is 32.1. The number of carbonyl (C=O) groups excluding carboxylic acids is 1. The van der Waals surface area contributed by atoms with Gasteiger partial charge in [-0.15, -0.1) is 0 Å². The Morgan fingerprint density at radius 1 is 1.03 bits per heavy atom. The van der Waals surface area contributed by atoms with Gasteiger partial charge >= 0.3 is 0 Å². The van der Waals surface area contributed by atoms with Gasteiger partial charge in [-0.2, -0.15) is 0 Å². The number of thiazole rings is 1. The minimum Gasteiger partial charge on any atom is -0.492 e. The number of anilines is 1. The Balaban J connectivity index is 1.59. The highest BCUT2D eigenvalue weighted by Crippen LogP contribution is 2.36. The fourth-order valence-corrected chi connectivity index (χ4v) is 4.72. The number of amides is 1. The molecule has 172 valence electrons. The fraction of sp³-hybridized carbons (Fsp3) is 0.192. The lowest BCUT2D eigenvalue weighted by atomic mass is 10.2. The van der Waals surface area contributed by atoms with Crippen LogP contribution in [0.25, 0.3) is 21.2 Å². The predicted molar refractivity (Wildman–Crippen MR) is 133 cm³/mol. The van der Waals surface area contributed by atoms with Crippen LogP contribution < -0.4 is 14.4 Å². The largest absolute Gasteiger partial charge is 0.492 e. The molecular formula is C26H23N3O4S. The van der Waals surface area contributed by atoms with Crippen LogP contribution in [-0.2, 0) is 6.54 Å². The molecular weight excluding hydrogens is 450 g/mol. The molecule has 0 aliphatic carbocycles. The number of hydrogen-bond acceptors (Lipinski definition) is 7. The van der Waals surface area contributed by atoms with E-state index in [1.54, 1.807) is 23.4 Å². The Kier molecular flexibility index (Phi) is 6.14. The Labute approximate surface area is 200 Å². The van der Waals surface area contributed by atoms with E-state index in [0.29, 0.717) is 42.0 Å². The van der Waals surface area contributed by atoms with Crippen LogP contribution >= 0.6 is 11.3 Å². The molecule has 5 rings (SSSR count). The van der Waals surface area contributed by atoms with E-state index in [4.69, 9.17) is 18.9 Å². The first-order valence-corrected chi connectivity index (χ1v) is 11.9. The second-order valence-corrected chi connectivity index (χ2v) is 8.51. The first-order valence-electron chi connectivity index (χ1n) is 11.1. The normalized spacial score (nSPS) is 11.1. The smallest absolute Gasteiger partial charge is 0.296 e. The van der Waals surface area contributed by atoms with Crippen molar-refractivity contribution in [3.05, 3.63) is 78.3 Å². The molecule has 0 atom stereocenters. The minimum absolute atomic E-state index is 0.218. The van der Waals surface area contributed by atoms with E-state index in [-0.39, 0.29) is 11.7 Å². The van der Waals surface area contributed by atoms with Gasteiger partial charge in [-0.1, -0.05) is 35.6 Å². The second kappa shape index (κ2) is 9.52. The minimum atomic E-state index is -0.292. The van der Waals surface area contributed by atoms with Gasteiger partial charge < -0.3 is 13.9 Å². The molecule has 2 aromatic carbocycles. The average Bonchev–Trinajstić information content (AvgIpc) is 3.49. The van der Waals surface area contributed by atoms with Crippen molar-refractivity contribution in [1.82, 2.24) is 9.97 Å². The van der Waals surface area contributed by atoms with Crippen LogP contribution in [0.1, 0.15) is 30.0 Å². The number of nitrogens with zero attached hydrogens (tertiary/aromatic N) is 3. The van der Waals surface area contributed by atoms with Gasteiger partial charge in [-0.05, 0) is 49.7 Å². The third kappa shape index (κ3) is 4.20. The van der Waals surface area contributed by atoms with Crippen molar-refractivity contribution >= 4 is 43.6 Å². The number of benzene rings is 2. The number of carbonyl (C=O) groups is 1. The third-order valence-electron chi connectivity index (χ3n) is 5.23. The predicted octanol–water partition coefficient (Wildman–Crippen LogP) is 6.08. The molecule has 0 saturated heterocycles. The molecule has 34 heavy (non-hydrogen) atoms. The number of para-hydroxylation sites is 2. The summed E-state index contributed by atoms with van der Waals surface area (Å²) in [7, 11) is 0. The van der Waals surface area contributed by atoms with E-state index in [1.807, 2.05) is 62.4 Å². The van der Waals surface area contributed by atoms with Crippen LogP contribution in [0.15, 0.2) is 71.4 Å². The number of hydrogen-bond donors (Lipinski definition) is 0. The zero-order valence-corrected chi connectivity index (χ0v) is 19.7. The Hall–Kier alpha value is -3.91. The maximum absolute atomic E-state index is 13.8. The molecule has 0 spiro atoms. The summed E-state index contributed by atoms with van der Waals surface area (Å²) in [5.41, 5.74) is 2.17. The summed E-state index contributed by atoms with van der Waals surface area (Å²) in [5, 5.41) is 1.36. The zero-order chi connectivity index (χ0) is 23.5. The molecule has 3 heterocycles. The van der Waals surface area contributed by atoms with Crippen LogP contribution in [0.5, 0.6) is 11.5 Å². The summed E-state index contributed by atoms with van der Waals surface area (Å²) in [6.45, 7) is 5.18.